The molecule has 4 rings (SSSR count). The molecule has 2 heterocycles. The van der Waals surface area contributed by atoms with Crippen LogP contribution in [0.2, 0.25) is 0 Å². The highest BCUT2D eigenvalue weighted by Crippen LogP contribution is 2.32. The summed E-state index contributed by atoms with van der Waals surface area (Å²) in [7, 11) is 0. The van der Waals surface area contributed by atoms with E-state index >= 15 is 0 Å². The average molecular weight is 313 g/mol. The number of carboxylic acid groups (broad SMARTS) is 1. The van der Waals surface area contributed by atoms with Crippen LogP contribution in [0.5, 0.6) is 0 Å². The lowest BCUT2D eigenvalue weighted by Gasteiger charge is -2.30. The van der Waals surface area contributed by atoms with Crippen LogP contribution in [0.3, 0.4) is 0 Å². The number of hydrogen-bond acceptors (Lipinski definition) is 2. The number of hydrogen-bond donors (Lipinski definition) is 1. The van der Waals surface area contributed by atoms with Crippen LogP contribution in [0, 0.1) is 0 Å². The second-order valence-electron chi connectivity index (χ2n) is 5.61. The molecule has 0 saturated heterocycles. The smallest absolute Gasteiger partial charge is 0.352 e. The third-order valence-electron chi connectivity index (χ3n) is 4.18. The van der Waals surface area contributed by atoms with Crippen molar-refractivity contribution in [2.24, 2.45) is 0 Å². The Kier molecular flexibility index (Phi) is 3.39. The van der Waals surface area contributed by atoms with E-state index in [-0.39, 0.29) is 5.70 Å². The van der Waals surface area contributed by atoms with Crippen LogP contribution < -0.4 is 10.4 Å². The van der Waals surface area contributed by atoms with Crippen molar-refractivity contribution in [3.63, 3.8) is 0 Å². The van der Waals surface area contributed by atoms with Gasteiger partial charge in [-0.2, -0.15) is 0 Å². The molecule has 24 heavy (non-hydrogen) atoms. The Morgan fingerprint density at radius 2 is 1.62 bits per heavy atom. The molecule has 3 nitrogen and oxygen atoms in total. The third-order valence-corrected chi connectivity index (χ3v) is 4.18. The normalized spacial score (nSPS) is 15.5. The maximum Gasteiger partial charge on any atom is 0.352 e. The highest BCUT2D eigenvalue weighted by molar-refractivity contribution is 5.95. The first-order chi connectivity index (χ1) is 11.8. The Hall–Kier alpha value is -3.33. The summed E-state index contributed by atoms with van der Waals surface area (Å²) in [6.07, 6.45) is 9.41. The van der Waals surface area contributed by atoms with Gasteiger partial charge in [0.1, 0.15) is 5.70 Å². The molecule has 2 aliphatic heterocycles. The van der Waals surface area contributed by atoms with E-state index in [1.165, 1.54) is 0 Å². The topological polar surface area (TPSA) is 40.5 Å². The quantitative estimate of drug-likeness (QED) is 0.926. The lowest BCUT2D eigenvalue weighted by atomic mass is 10.1. The SMILES string of the molecule is O=C(O)C1=CC=CC2=c3ccccc3=CC=C(c3ccccc3)N12. The number of benzene rings is 2. The van der Waals surface area contributed by atoms with Crippen LogP contribution >= 0.6 is 0 Å². The molecule has 2 aromatic rings. The van der Waals surface area contributed by atoms with Crippen molar-refractivity contribution in [1.82, 2.24) is 4.90 Å². The van der Waals surface area contributed by atoms with E-state index < -0.39 is 5.97 Å². The van der Waals surface area contributed by atoms with Crippen LogP contribution in [0.15, 0.2) is 84.6 Å². The van der Waals surface area contributed by atoms with E-state index in [2.05, 4.69) is 0 Å². The second-order valence-corrected chi connectivity index (χ2v) is 5.61. The fraction of sp³-hybridized carbons (Fsp3) is 0. The highest BCUT2D eigenvalue weighted by Gasteiger charge is 2.26. The predicted molar refractivity (Wildman–Crippen MR) is 94.7 cm³/mol. The largest absolute Gasteiger partial charge is 0.477 e. The number of allylic oxidation sites excluding steroid dienone is 3. The Balaban J connectivity index is 2.05. The lowest BCUT2D eigenvalue weighted by molar-refractivity contribution is -0.133. The molecule has 2 aromatic carbocycles. The van der Waals surface area contributed by atoms with Gasteiger partial charge in [-0.1, -0.05) is 66.7 Å². The number of nitrogens with zero attached hydrogens (tertiary/aromatic N) is 1. The minimum Gasteiger partial charge on any atom is -0.477 e. The second kappa shape index (κ2) is 5.70. The van der Waals surface area contributed by atoms with E-state index in [0.29, 0.717) is 0 Å². The fourth-order valence-corrected chi connectivity index (χ4v) is 3.10. The van der Waals surface area contributed by atoms with Crippen molar-refractivity contribution >= 4 is 23.4 Å². The van der Waals surface area contributed by atoms with Crippen LogP contribution in [0.25, 0.3) is 17.5 Å². The summed E-state index contributed by atoms with van der Waals surface area (Å²) in [6.45, 7) is 0. The minimum absolute atomic E-state index is 0.243. The molecule has 0 fully saturated rings. The predicted octanol–water partition coefficient (Wildman–Crippen LogP) is 2.47. The summed E-state index contributed by atoms with van der Waals surface area (Å²) in [4.78, 5) is 13.6. The number of fused-ring (bicyclic) bond motifs is 2. The van der Waals surface area contributed by atoms with E-state index in [4.69, 9.17) is 0 Å². The molecule has 0 saturated carbocycles. The maximum absolute atomic E-state index is 11.8. The maximum atomic E-state index is 11.8. The molecule has 0 aromatic heterocycles. The average Bonchev–Trinajstić information content (AvgIpc) is 2.79. The summed E-state index contributed by atoms with van der Waals surface area (Å²) in [5.41, 5.74) is 2.93. The lowest BCUT2D eigenvalue weighted by Crippen LogP contribution is -2.34. The zero-order valence-electron chi connectivity index (χ0n) is 12.9. The number of aliphatic carboxylic acids is 1. The molecule has 1 N–H and O–H groups in total. The first-order valence-electron chi connectivity index (χ1n) is 7.74. The minimum atomic E-state index is -0.946. The molecule has 0 spiro atoms. The summed E-state index contributed by atoms with van der Waals surface area (Å²) in [5.74, 6) is -0.946. The van der Waals surface area contributed by atoms with Gasteiger partial charge in [0, 0.05) is 5.22 Å². The van der Waals surface area contributed by atoms with Gasteiger partial charge in [-0.05, 0) is 29.0 Å². The van der Waals surface area contributed by atoms with Gasteiger partial charge in [0.15, 0.2) is 0 Å². The van der Waals surface area contributed by atoms with Gasteiger partial charge in [-0.15, -0.1) is 0 Å². The van der Waals surface area contributed by atoms with Gasteiger partial charge in [0.25, 0.3) is 0 Å². The van der Waals surface area contributed by atoms with E-state index in [1.807, 2.05) is 77.7 Å². The first kappa shape index (κ1) is 14.3. The highest BCUT2D eigenvalue weighted by atomic mass is 16.4. The van der Waals surface area contributed by atoms with Crippen molar-refractivity contribution in [1.29, 1.82) is 0 Å². The van der Waals surface area contributed by atoms with Gasteiger partial charge in [0.2, 0.25) is 0 Å². The molecular weight excluding hydrogens is 298 g/mol. The van der Waals surface area contributed by atoms with Gasteiger partial charge >= 0.3 is 5.97 Å². The van der Waals surface area contributed by atoms with Crippen LogP contribution in [0.1, 0.15) is 5.56 Å². The van der Waals surface area contributed by atoms with Gasteiger partial charge in [0.05, 0.1) is 11.4 Å². The summed E-state index contributed by atoms with van der Waals surface area (Å²) in [6, 6.07) is 17.9. The van der Waals surface area contributed by atoms with E-state index in [9.17, 15) is 9.90 Å². The molecule has 0 aliphatic carbocycles. The van der Waals surface area contributed by atoms with E-state index in [1.54, 1.807) is 12.2 Å². The van der Waals surface area contributed by atoms with Crippen molar-refractivity contribution in [2.75, 3.05) is 0 Å². The van der Waals surface area contributed by atoms with Gasteiger partial charge in [-0.3, -0.25) is 0 Å². The Morgan fingerprint density at radius 1 is 0.875 bits per heavy atom. The van der Waals surface area contributed by atoms with Gasteiger partial charge in [-0.25, -0.2) is 4.79 Å². The zero-order chi connectivity index (χ0) is 16.5. The van der Waals surface area contributed by atoms with Crippen molar-refractivity contribution < 1.29 is 9.90 Å². The first-order valence-corrected chi connectivity index (χ1v) is 7.74. The summed E-state index contributed by atoms with van der Waals surface area (Å²) < 4.78 is 0. The zero-order valence-corrected chi connectivity index (χ0v) is 12.9. The monoisotopic (exact) mass is 313 g/mol. The standard InChI is InChI=1S/C21H15NO2/c23-21(24)20-12-6-11-19-17-10-5-4-7-15(17)13-14-18(22(19)20)16-8-2-1-3-9-16/h1-14H,(H,23,24). The molecule has 2 aliphatic rings. The van der Waals surface area contributed by atoms with E-state index in [0.717, 1.165) is 27.4 Å². The molecular formula is C21H15NO2. The third kappa shape index (κ3) is 2.27. The van der Waals surface area contributed by atoms with Crippen LogP contribution in [-0.2, 0) is 4.79 Å². The Morgan fingerprint density at radius 3 is 2.42 bits per heavy atom. The molecule has 3 heteroatoms. The molecule has 0 bridgehead atoms. The molecule has 0 atom stereocenters. The molecule has 0 radical (unpaired) electrons. The number of carboxylic acids is 1. The van der Waals surface area contributed by atoms with Crippen LogP contribution in [-0.4, -0.2) is 16.0 Å². The number of rotatable bonds is 2. The fourth-order valence-electron chi connectivity index (χ4n) is 3.10. The van der Waals surface area contributed by atoms with Crippen molar-refractivity contribution in [2.45, 2.75) is 0 Å². The molecule has 0 unspecified atom stereocenters. The number of carbonyl (C=O) groups is 1. The summed E-state index contributed by atoms with van der Waals surface area (Å²) >= 11 is 0. The molecule has 116 valence electrons. The van der Waals surface area contributed by atoms with Crippen molar-refractivity contribution in [3.05, 3.63) is 101 Å². The van der Waals surface area contributed by atoms with Crippen molar-refractivity contribution in [3.8, 4) is 0 Å². The Bertz CT molecular complexity index is 1030. The van der Waals surface area contributed by atoms with Gasteiger partial charge < -0.3 is 10.0 Å². The summed E-state index contributed by atoms with van der Waals surface area (Å²) in [5, 5.41) is 11.8. The van der Waals surface area contributed by atoms with Crippen LogP contribution in [0.4, 0.5) is 0 Å². The molecule has 0 amide bonds. The Labute approximate surface area is 139 Å².